The molecule has 31 heavy (non-hydrogen) atoms. The molecule has 0 atom stereocenters. The maximum atomic E-state index is 12.3. The largest absolute Gasteiger partial charge is 0.480 e. The van der Waals surface area contributed by atoms with E-state index in [4.69, 9.17) is 9.47 Å². The number of methoxy groups -OCH3 is 1. The van der Waals surface area contributed by atoms with Crippen molar-refractivity contribution in [3.05, 3.63) is 70.0 Å². The third-order valence-electron chi connectivity index (χ3n) is 4.24. The minimum Gasteiger partial charge on any atom is -0.480 e. The molecule has 2 aromatic rings. The van der Waals surface area contributed by atoms with Gasteiger partial charge in [0.1, 0.15) is 5.75 Å². The number of aliphatic imine (C=N–C) groups is 1. The van der Waals surface area contributed by atoms with E-state index in [-0.39, 0.29) is 23.9 Å². The third kappa shape index (κ3) is 5.20. The summed E-state index contributed by atoms with van der Waals surface area (Å²) < 4.78 is 16.8. The highest BCUT2D eigenvalue weighted by atomic mass is 127. The van der Waals surface area contributed by atoms with Crippen LogP contribution in [0.5, 0.6) is 5.75 Å². The first-order valence-electron chi connectivity index (χ1n) is 8.67. The number of ether oxygens (including phenoxy) is 3. The summed E-state index contributed by atoms with van der Waals surface area (Å²) in [5.74, 6) is -0.610. The number of hydrogen-bond donors (Lipinski definition) is 0. The highest BCUT2D eigenvalue weighted by molar-refractivity contribution is 14.1. The van der Waals surface area contributed by atoms with Gasteiger partial charge in [-0.3, -0.25) is 10.1 Å². The van der Waals surface area contributed by atoms with Gasteiger partial charge in [-0.1, -0.05) is 6.07 Å². The maximum absolute atomic E-state index is 12.3. The van der Waals surface area contributed by atoms with Gasteiger partial charge in [0.25, 0.3) is 5.69 Å². The van der Waals surface area contributed by atoms with E-state index < -0.39 is 16.9 Å². The molecule has 0 aliphatic carbocycles. The number of cyclic esters (lactones) is 1. The number of nitro benzene ring substituents is 1. The minimum absolute atomic E-state index is 0.0138. The predicted molar refractivity (Wildman–Crippen MR) is 128 cm³/mol. The van der Waals surface area contributed by atoms with Gasteiger partial charge in [0.15, 0.2) is 12.3 Å². The van der Waals surface area contributed by atoms with Gasteiger partial charge in [-0.25, -0.2) is 14.6 Å². The van der Waals surface area contributed by atoms with Crippen LogP contribution in [0.25, 0.3) is 6.08 Å². The molecule has 0 unspecified atom stereocenters. The van der Waals surface area contributed by atoms with E-state index in [0.29, 0.717) is 22.4 Å². The van der Waals surface area contributed by atoms with Gasteiger partial charge in [-0.05, 0) is 81.9 Å². The molecule has 0 radical (unpaired) electrons. The average Bonchev–Trinajstić information content (AvgIpc) is 3.07. The van der Waals surface area contributed by atoms with Crippen molar-refractivity contribution < 1.29 is 28.7 Å². The summed E-state index contributed by atoms with van der Waals surface area (Å²) in [6, 6.07) is 8.02. The van der Waals surface area contributed by atoms with E-state index in [1.54, 1.807) is 31.2 Å². The van der Waals surface area contributed by atoms with E-state index in [9.17, 15) is 19.7 Å². The summed E-state index contributed by atoms with van der Waals surface area (Å²) in [4.78, 5) is 38.5. The smallest absolute Gasteiger partial charge is 0.363 e. The third-order valence-corrected chi connectivity index (χ3v) is 5.84. The lowest BCUT2D eigenvalue weighted by molar-refractivity contribution is -0.385. The Bertz CT molecular complexity index is 1140. The molecule has 11 heteroatoms. The van der Waals surface area contributed by atoms with Crippen molar-refractivity contribution in [1.82, 2.24) is 0 Å². The molecule has 0 bridgehead atoms. The zero-order chi connectivity index (χ0) is 22.7. The van der Waals surface area contributed by atoms with E-state index >= 15 is 0 Å². The van der Waals surface area contributed by atoms with Gasteiger partial charge in [-0.2, -0.15) is 0 Å². The molecule has 2 aromatic carbocycles. The Balaban J connectivity index is 1.91. The van der Waals surface area contributed by atoms with Crippen LogP contribution in [0.2, 0.25) is 0 Å². The predicted octanol–water partition coefficient (Wildman–Crippen LogP) is 4.01. The van der Waals surface area contributed by atoms with Crippen molar-refractivity contribution >= 4 is 74.8 Å². The van der Waals surface area contributed by atoms with Gasteiger partial charge in [0, 0.05) is 17.2 Å². The Kier molecular flexibility index (Phi) is 7.25. The lowest BCUT2D eigenvalue weighted by atomic mass is 10.1. The number of halogens is 2. The van der Waals surface area contributed by atoms with Crippen molar-refractivity contribution in [2.75, 3.05) is 13.7 Å². The van der Waals surface area contributed by atoms with Gasteiger partial charge in [0.05, 0.1) is 19.2 Å². The zero-order valence-corrected chi connectivity index (χ0v) is 20.5. The SMILES string of the molecule is COC(=O)COc1c(I)cc(/C=C2\N=C(c3cccc([N+](=O)[O-])c3C)OC2=O)cc1I. The van der Waals surface area contributed by atoms with Crippen LogP contribution in [-0.2, 0) is 19.1 Å². The molecular weight excluding hydrogens is 634 g/mol. The molecule has 1 aliphatic heterocycles. The van der Waals surface area contributed by atoms with Crippen molar-refractivity contribution in [2.24, 2.45) is 4.99 Å². The molecule has 160 valence electrons. The summed E-state index contributed by atoms with van der Waals surface area (Å²) in [7, 11) is 1.28. The second-order valence-corrected chi connectivity index (χ2v) is 8.55. The van der Waals surface area contributed by atoms with Crippen LogP contribution in [0.3, 0.4) is 0 Å². The van der Waals surface area contributed by atoms with Crippen LogP contribution < -0.4 is 4.74 Å². The molecule has 0 spiro atoms. The van der Waals surface area contributed by atoms with E-state index in [2.05, 4.69) is 54.9 Å². The number of nitro groups is 1. The van der Waals surface area contributed by atoms with Gasteiger partial charge in [0.2, 0.25) is 5.90 Å². The molecule has 3 rings (SSSR count). The first-order valence-corrected chi connectivity index (χ1v) is 10.8. The molecule has 0 aromatic heterocycles. The highest BCUT2D eigenvalue weighted by Crippen LogP contribution is 2.31. The second kappa shape index (κ2) is 9.72. The Morgan fingerprint density at radius 2 is 1.97 bits per heavy atom. The first-order chi connectivity index (χ1) is 14.7. The molecule has 0 amide bonds. The van der Waals surface area contributed by atoms with E-state index in [1.165, 1.54) is 19.2 Å². The van der Waals surface area contributed by atoms with E-state index in [0.717, 1.165) is 7.14 Å². The molecule has 1 aliphatic rings. The number of hydrogen-bond acceptors (Lipinski definition) is 8. The summed E-state index contributed by atoms with van der Waals surface area (Å²) >= 11 is 4.13. The zero-order valence-electron chi connectivity index (χ0n) is 16.2. The van der Waals surface area contributed by atoms with Crippen LogP contribution in [-0.4, -0.2) is 36.5 Å². The van der Waals surface area contributed by atoms with E-state index in [1.807, 2.05) is 0 Å². The number of rotatable bonds is 6. The highest BCUT2D eigenvalue weighted by Gasteiger charge is 2.27. The quantitative estimate of drug-likeness (QED) is 0.153. The summed E-state index contributed by atoms with van der Waals surface area (Å²) in [5, 5.41) is 11.2. The number of carbonyl (C=O) groups is 2. The Morgan fingerprint density at radius 1 is 1.29 bits per heavy atom. The van der Waals surface area contributed by atoms with Crippen molar-refractivity contribution in [1.29, 1.82) is 0 Å². The van der Waals surface area contributed by atoms with Crippen LogP contribution in [0.4, 0.5) is 5.69 Å². The van der Waals surface area contributed by atoms with Crippen molar-refractivity contribution in [2.45, 2.75) is 6.92 Å². The maximum Gasteiger partial charge on any atom is 0.363 e. The fraction of sp³-hybridized carbons (Fsp3) is 0.150. The Morgan fingerprint density at radius 3 is 2.58 bits per heavy atom. The molecule has 0 saturated carbocycles. The number of nitrogens with zero attached hydrogens (tertiary/aromatic N) is 2. The Hall–Kier alpha value is -2.55. The van der Waals surface area contributed by atoms with Crippen LogP contribution in [0, 0.1) is 24.2 Å². The molecule has 0 saturated heterocycles. The standard InChI is InChI=1S/C20H14I2N2O7/c1-10-12(4-3-5-16(10)24(27)28)19-23-15(20(26)31-19)8-11-6-13(21)18(14(22)7-11)30-9-17(25)29-2/h3-8H,9H2,1-2H3/b15-8-. The van der Waals surface area contributed by atoms with Crippen molar-refractivity contribution in [3.8, 4) is 5.75 Å². The summed E-state index contributed by atoms with van der Waals surface area (Å²) in [6.07, 6.45) is 1.55. The van der Waals surface area contributed by atoms with Crippen LogP contribution >= 0.6 is 45.2 Å². The number of carbonyl (C=O) groups excluding carboxylic acids is 2. The lowest BCUT2D eigenvalue weighted by Gasteiger charge is -2.10. The first kappa shape index (κ1) is 23.1. The fourth-order valence-corrected chi connectivity index (χ4v) is 4.85. The van der Waals surface area contributed by atoms with Crippen molar-refractivity contribution in [3.63, 3.8) is 0 Å². The van der Waals surface area contributed by atoms with Gasteiger partial charge in [-0.15, -0.1) is 0 Å². The minimum atomic E-state index is -0.656. The van der Waals surface area contributed by atoms with Crippen LogP contribution in [0.15, 0.2) is 41.0 Å². The molecule has 0 fully saturated rings. The lowest BCUT2D eigenvalue weighted by Crippen LogP contribution is -2.13. The number of benzene rings is 2. The summed E-state index contributed by atoms with van der Waals surface area (Å²) in [6.45, 7) is 1.36. The van der Waals surface area contributed by atoms with Crippen LogP contribution in [0.1, 0.15) is 16.7 Å². The molecule has 1 heterocycles. The fourth-order valence-electron chi connectivity index (χ4n) is 2.73. The van der Waals surface area contributed by atoms with Gasteiger partial charge >= 0.3 is 11.9 Å². The second-order valence-electron chi connectivity index (χ2n) is 6.22. The number of esters is 2. The normalized spacial score (nSPS) is 14.3. The molecule has 9 nitrogen and oxygen atoms in total. The summed E-state index contributed by atoms with van der Waals surface area (Å²) in [5.41, 5.74) is 1.39. The Labute approximate surface area is 203 Å². The molecular formula is C20H14I2N2O7. The monoisotopic (exact) mass is 648 g/mol. The van der Waals surface area contributed by atoms with Gasteiger partial charge < -0.3 is 14.2 Å². The average molecular weight is 648 g/mol. The molecule has 0 N–H and O–H groups in total. The topological polar surface area (TPSA) is 117 Å².